The number of carbonyl (C=O) groups excluding carboxylic acids is 1. The van der Waals surface area contributed by atoms with Crippen LogP contribution in [-0.2, 0) is 13.0 Å². The quantitative estimate of drug-likeness (QED) is 0.762. The van der Waals surface area contributed by atoms with Crippen molar-refractivity contribution in [3.05, 3.63) is 65.5 Å². The molecule has 6 heteroatoms. The van der Waals surface area contributed by atoms with Crippen molar-refractivity contribution in [3.63, 3.8) is 0 Å². The van der Waals surface area contributed by atoms with E-state index in [1.54, 1.807) is 6.20 Å². The minimum Gasteiger partial charge on any atom is -0.332 e. The maximum atomic E-state index is 13.1. The van der Waals surface area contributed by atoms with Crippen molar-refractivity contribution in [2.45, 2.75) is 31.8 Å². The highest BCUT2D eigenvalue weighted by atomic mass is 16.2. The first-order valence-electron chi connectivity index (χ1n) is 9.51. The van der Waals surface area contributed by atoms with E-state index in [2.05, 4.69) is 15.3 Å². The minimum absolute atomic E-state index is 0.0287. The molecule has 2 aromatic heterocycles. The number of rotatable bonds is 2. The zero-order valence-corrected chi connectivity index (χ0v) is 15.1. The van der Waals surface area contributed by atoms with Gasteiger partial charge in [-0.05, 0) is 30.8 Å². The molecule has 0 saturated carbocycles. The fourth-order valence-corrected chi connectivity index (χ4v) is 4.02. The third-order valence-electron chi connectivity index (χ3n) is 5.49. The molecular formula is C21H21N5O. The van der Waals surface area contributed by atoms with E-state index in [1.807, 2.05) is 41.4 Å². The molecular weight excluding hydrogens is 338 g/mol. The van der Waals surface area contributed by atoms with Crippen molar-refractivity contribution >= 4 is 16.7 Å². The van der Waals surface area contributed by atoms with Gasteiger partial charge in [0.05, 0.1) is 11.7 Å². The van der Waals surface area contributed by atoms with Gasteiger partial charge in [-0.15, -0.1) is 0 Å². The van der Waals surface area contributed by atoms with Crippen LogP contribution in [0.15, 0.2) is 42.7 Å². The van der Waals surface area contributed by atoms with E-state index in [1.165, 1.54) is 6.42 Å². The molecule has 1 amide bonds. The summed E-state index contributed by atoms with van der Waals surface area (Å²) >= 11 is 0. The number of pyridine rings is 1. The van der Waals surface area contributed by atoms with Gasteiger partial charge in [0.15, 0.2) is 0 Å². The van der Waals surface area contributed by atoms with Gasteiger partial charge in [-0.25, -0.2) is 9.97 Å². The Bertz CT molecular complexity index is 1010. The zero-order chi connectivity index (χ0) is 18.2. The molecule has 6 nitrogen and oxygen atoms in total. The molecule has 1 saturated heterocycles. The predicted octanol–water partition coefficient (Wildman–Crippen LogP) is 2.65. The third kappa shape index (κ3) is 2.96. The summed E-state index contributed by atoms with van der Waals surface area (Å²) in [6.45, 7) is 2.23. The summed E-state index contributed by atoms with van der Waals surface area (Å²) in [5, 5.41) is 5.38. The summed E-state index contributed by atoms with van der Waals surface area (Å²) in [5.74, 6) is 0.862. The Hall–Kier alpha value is -2.86. The molecule has 3 aromatic rings. The van der Waals surface area contributed by atoms with Crippen molar-refractivity contribution in [2.75, 3.05) is 13.1 Å². The maximum absolute atomic E-state index is 13.1. The van der Waals surface area contributed by atoms with Gasteiger partial charge in [-0.3, -0.25) is 9.78 Å². The van der Waals surface area contributed by atoms with Crippen molar-refractivity contribution in [2.24, 2.45) is 0 Å². The van der Waals surface area contributed by atoms with Crippen LogP contribution in [0.25, 0.3) is 10.8 Å². The summed E-state index contributed by atoms with van der Waals surface area (Å²) in [5.41, 5.74) is 2.63. The Labute approximate surface area is 157 Å². The molecule has 2 aliphatic rings. The Kier molecular flexibility index (Phi) is 4.05. The van der Waals surface area contributed by atoms with Gasteiger partial charge in [0.25, 0.3) is 5.91 Å². The first-order chi connectivity index (χ1) is 13.3. The molecule has 0 aliphatic carbocycles. The van der Waals surface area contributed by atoms with Crippen LogP contribution in [0, 0.1) is 0 Å². The number of benzene rings is 1. The number of hydrogen-bond acceptors (Lipinski definition) is 5. The Morgan fingerprint density at radius 3 is 3.00 bits per heavy atom. The van der Waals surface area contributed by atoms with Crippen LogP contribution in [0.5, 0.6) is 0 Å². The first kappa shape index (κ1) is 16.3. The van der Waals surface area contributed by atoms with Crippen LogP contribution in [0.1, 0.15) is 46.5 Å². The molecule has 1 aromatic carbocycles. The van der Waals surface area contributed by atoms with E-state index < -0.39 is 0 Å². The molecule has 136 valence electrons. The number of fused-ring (bicyclic) bond motifs is 2. The average molecular weight is 359 g/mol. The van der Waals surface area contributed by atoms with Crippen LogP contribution in [0.3, 0.4) is 0 Å². The highest BCUT2D eigenvalue weighted by Crippen LogP contribution is 2.25. The lowest BCUT2D eigenvalue weighted by molar-refractivity contribution is 0.0729. The van der Waals surface area contributed by atoms with E-state index in [9.17, 15) is 4.79 Å². The fraction of sp³-hybridized carbons (Fsp3) is 0.333. The lowest BCUT2D eigenvalue weighted by atomic mass is 10.0. The minimum atomic E-state index is -0.0287. The van der Waals surface area contributed by atoms with Gasteiger partial charge in [0.1, 0.15) is 11.5 Å². The van der Waals surface area contributed by atoms with E-state index >= 15 is 0 Å². The molecule has 0 radical (unpaired) electrons. The average Bonchev–Trinajstić information content (AvgIpc) is 3.27. The monoisotopic (exact) mass is 359 g/mol. The Morgan fingerprint density at radius 2 is 2.11 bits per heavy atom. The molecule has 1 N–H and O–H groups in total. The summed E-state index contributed by atoms with van der Waals surface area (Å²) in [6.07, 6.45) is 6.63. The molecule has 4 heterocycles. The van der Waals surface area contributed by atoms with E-state index in [0.29, 0.717) is 18.8 Å². The smallest absolute Gasteiger partial charge is 0.273 e. The van der Waals surface area contributed by atoms with Crippen LogP contribution >= 0.6 is 0 Å². The van der Waals surface area contributed by atoms with Gasteiger partial charge in [-0.1, -0.05) is 24.3 Å². The Balaban J connectivity index is 1.41. The second-order valence-electron chi connectivity index (χ2n) is 7.21. The molecule has 1 fully saturated rings. The molecule has 27 heavy (non-hydrogen) atoms. The van der Waals surface area contributed by atoms with Crippen molar-refractivity contribution in [1.29, 1.82) is 0 Å². The van der Waals surface area contributed by atoms with Crippen molar-refractivity contribution in [3.8, 4) is 0 Å². The lowest BCUT2D eigenvalue weighted by Gasteiger charge is -2.28. The van der Waals surface area contributed by atoms with Gasteiger partial charge < -0.3 is 10.2 Å². The normalized spacial score (nSPS) is 19.3. The van der Waals surface area contributed by atoms with E-state index in [4.69, 9.17) is 4.98 Å². The van der Waals surface area contributed by atoms with E-state index in [-0.39, 0.29) is 11.9 Å². The molecule has 1 atom stereocenters. The number of aromatic nitrogens is 3. The molecule has 0 bridgehead atoms. The maximum Gasteiger partial charge on any atom is 0.273 e. The van der Waals surface area contributed by atoms with Crippen LogP contribution in [-0.4, -0.2) is 38.8 Å². The Morgan fingerprint density at radius 1 is 1.19 bits per heavy atom. The van der Waals surface area contributed by atoms with Crippen molar-refractivity contribution < 1.29 is 4.79 Å². The third-order valence-corrected chi connectivity index (χ3v) is 5.49. The number of carbonyl (C=O) groups is 1. The van der Waals surface area contributed by atoms with Gasteiger partial charge in [0.2, 0.25) is 0 Å². The number of nitrogens with zero attached hydrogens (tertiary/aromatic N) is 4. The zero-order valence-electron chi connectivity index (χ0n) is 15.1. The van der Waals surface area contributed by atoms with Crippen LogP contribution < -0.4 is 5.32 Å². The molecule has 5 rings (SSSR count). The summed E-state index contributed by atoms with van der Waals surface area (Å²) in [4.78, 5) is 28.7. The topological polar surface area (TPSA) is 71.0 Å². The standard InChI is InChI=1S/C21H21N5O/c27-21(19-16-5-2-1-4-14(16)7-10-23-19)26-11-8-17-15(13-26)12-24-20(25-17)18-6-3-9-22-18/h1-2,4-5,7,10,12,18,22H,3,6,8-9,11,13H2/t18-/m0/s1. The molecule has 0 unspecified atom stereocenters. The number of amides is 1. The second-order valence-corrected chi connectivity index (χ2v) is 7.21. The van der Waals surface area contributed by atoms with Gasteiger partial charge in [0, 0.05) is 42.9 Å². The van der Waals surface area contributed by atoms with Crippen LogP contribution in [0.2, 0.25) is 0 Å². The number of nitrogens with one attached hydrogen (secondary N) is 1. The van der Waals surface area contributed by atoms with Crippen molar-refractivity contribution in [1.82, 2.24) is 25.2 Å². The van der Waals surface area contributed by atoms with Gasteiger partial charge in [-0.2, -0.15) is 0 Å². The number of hydrogen-bond donors (Lipinski definition) is 1. The van der Waals surface area contributed by atoms with Crippen LogP contribution in [0.4, 0.5) is 0 Å². The SMILES string of the molecule is O=C(c1nccc2ccccc12)N1CCc2nc([C@@H]3CCCN3)ncc2C1. The highest BCUT2D eigenvalue weighted by molar-refractivity contribution is 6.05. The lowest BCUT2D eigenvalue weighted by Crippen LogP contribution is -2.37. The fourth-order valence-electron chi connectivity index (χ4n) is 4.02. The van der Waals surface area contributed by atoms with E-state index in [0.717, 1.165) is 47.2 Å². The second kappa shape index (κ2) is 6.70. The largest absolute Gasteiger partial charge is 0.332 e. The highest BCUT2D eigenvalue weighted by Gasteiger charge is 2.26. The first-order valence-corrected chi connectivity index (χ1v) is 9.51. The predicted molar refractivity (Wildman–Crippen MR) is 102 cm³/mol. The molecule has 2 aliphatic heterocycles. The summed E-state index contributed by atoms with van der Waals surface area (Å²) in [6, 6.07) is 10.1. The van der Waals surface area contributed by atoms with Gasteiger partial charge >= 0.3 is 0 Å². The molecule has 0 spiro atoms. The summed E-state index contributed by atoms with van der Waals surface area (Å²) < 4.78 is 0. The summed E-state index contributed by atoms with van der Waals surface area (Å²) in [7, 11) is 0.